The molecule has 0 amide bonds. The first kappa shape index (κ1) is 27.2. The molecule has 1 unspecified atom stereocenters. The number of fused-ring (bicyclic) bond motifs is 1. The molecule has 0 fully saturated rings. The zero-order chi connectivity index (χ0) is 31.1. The lowest BCUT2D eigenvalue weighted by Gasteiger charge is -2.31. The van der Waals surface area contributed by atoms with Crippen molar-refractivity contribution in [3.05, 3.63) is 128 Å². The maximum absolute atomic E-state index is 15.1. The van der Waals surface area contributed by atoms with Crippen LogP contribution in [0.4, 0.5) is 17.6 Å². The Morgan fingerprint density at radius 3 is 2.27 bits per heavy atom. The summed E-state index contributed by atoms with van der Waals surface area (Å²) in [6.45, 7) is 1.44. The second-order valence-corrected chi connectivity index (χ2v) is 11.3. The molecule has 0 spiro atoms. The smallest absolute Gasteiger partial charge is 0.180 e. The van der Waals surface area contributed by atoms with E-state index in [4.69, 9.17) is 21.1 Å². The summed E-state index contributed by atoms with van der Waals surface area (Å²) >= 11 is 0. The van der Waals surface area contributed by atoms with Crippen LogP contribution in [0.15, 0.2) is 54.6 Å². The molecule has 4 aliphatic rings. The summed E-state index contributed by atoms with van der Waals surface area (Å²) < 4.78 is 59.2. The van der Waals surface area contributed by atoms with Crippen molar-refractivity contribution in [3.63, 3.8) is 0 Å². The Labute approximate surface area is 248 Å². The van der Waals surface area contributed by atoms with Gasteiger partial charge in [-0.1, -0.05) is 49.4 Å². The number of nitrogens with one attached hydrogen (secondary N) is 2. The molecule has 0 radical (unpaired) electrons. The highest BCUT2D eigenvalue weighted by molar-refractivity contribution is 6.64. The van der Waals surface area contributed by atoms with Crippen molar-refractivity contribution in [2.45, 2.75) is 25.2 Å². The van der Waals surface area contributed by atoms with E-state index in [9.17, 15) is 14.0 Å². The molecule has 44 heavy (non-hydrogen) atoms. The fourth-order valence-corrected chi connectivity index (χ4v) is 6.30. The van der Waals surface area contributed by atoms with Crippen LogP contribution in [-0.2, 0) is 11.8 Å². The third-order valence-corrected chi connectivity index (χ3v) is 8.65. The van der Waals surface area contributed by atoms with Crippen LogP contribution in [0.1, 0.15) is 63.5 Å². The lowest BCUT2D eigenvalue weighted by Crippen LogP contribution is -2.26. The fourth-order valence-electron chi connectivity index (χ4n) is 6.30. The van der Waals surface area contributed by atoms with Crippen LogP contribution in [0.2, 0.25) is 0 Å². The van der Waals surface area contributed by atoms with E-state index in [1.807, 2.05) is 12.1 Å². The van der Waals surface area contributed by atoms with E-state index in [2.05, 4.69) is 6.07 Å². The van der Waals surface area contributed by atoms with Crippen LogP contribution in [-0.4, -0.2) is 16.4 Å². The van der Waals surface area contributed by atoms with Gasteiger partial charge in [0.1, 0.15) is 11.6 Å². The molecule has 0 saturated carbocycles. The van der Waals surface area contributed by atoms with Crippen molar-refractivity contribution in [1.82, 2.24) is 4.98 Å². The Bertz CT molecular complexity index is 2220. The molecule has 0 aliphatic heterocycles. The average Bonchev–Trinajstić information content (AvgIpc) is 3.01. The van der Waals surface area contributed by atoms with Gasteiger partial charge in [-0.05, 0) is 47.8 Å². The number of nitriles is 2. The van der Waals surface area contributed by atoms with Gasteiger partial charge in [-0.15, -0.1) is 0 Å². The predicted octanol–water partition coefficient (Wildman–Crippen LogP) is 7.68. The maximum atomic E-state index is 15.1. The molecule has 9 heteroatoms. The third kappa shape index (κ3) is 3.66. The minimum absolute atomic E-state index is 0.0261. The highest BCUT2D eigenvalue weighted by Gasteiger charge is 2.38. The molecular weight excluding hydrogens is 566 g/mol. The van der Waals surface area contributed by atoms with E-state index in [-0.39, 0.29) is 17.8 Å². The van der Waals surface area contributed by atoms with Gasteiger partial charge in [-0.2, -0.15) is 10.5 Å². The van der Waals surface area contributed by atoms with Gasteiger partial charge in [-0.3, -0.25) is 10.8 Å². The Balaban J connectivity index is 1.42. The molecule has 2 N–H and O–H groups in total. The van der Waals surface area contributed by atoms with E-state index in [1.165, 1.54) is 19.1 Å². The molecule has 3 aromatic carbocycles. The van der Waals surface area contributed by atoms with E-state index in [0.29, 0.717) is 44.6 Å². The summed E-state index contributed by atoms with van der Waals surface area (Å²) in [6.07, 6.45) is 7.11. The van der Waals surface area contributed by atoms with E-state index < -0.39 is 39.8 Å². The minimum atomic E-state index is -1.74. The second kappa shape index (κ2) is 9.42. The zero-order valence-electron chi connectivity index (χ0n) is 23.0. The Morgan fingerprint density at radius 2 is 1.64 bits per heavy atom. The number of benzene rings is 3. The molecule has 8 rings (SSSR count). The van der Waals surface area contributed by atoms with Crippen LogP contribution in [0, 0.1) is 56.7 Å². The van der Waals surface area contributed by atoms with Gasteiger partial charge >= 0.3 is 0 Å². The van der Waals surface area contributed by atoms with Crippen LogP contribution < -0.4 is 0 Å². The first-order valence-corrected chi connectivity index (χ1v) is 13.6. The van der Waals surface area contributed by atoms with Crippen molar-refractivity contribution in [3.8, 4) is 12.1 Å². The molecule has 2 bridgehead atoms. The van der Waals surface area contributed by atoms with E-state index in [0.717, 1.165) is 22.9 Å². The number of aromatic nitrogens is 1. The summed E-state index contributed by atoms with van der Waals surface area (Å²) in [5, 5.41) is 37.4. The van der Waals surface area contributed by atoms with Gasteiger partial charge in [0.15, 0.2) is 23.3 Å². The number of hydrogen-bond acceptors (Lipinski definition) is 5. The monoisotopic (exact) mass is 585 g/mol. The van der Waals surface area contributed by atoms with Crippen LogP contribution in [0.3, 0.4) is 0 Å². The van der Waals surface area contributed by atoms with Crippen molar-refractivity contribution < 1.29 is 17.6 Å². The first-order chi connectivity index (χ1) is 21.1. The topological polar surface area (TPSA) is 108 Å². The van der Waals surface area contributed by atoms with Gasteiger partial charge in [-0.25, -0.2) is 22.5 Å². The quantitative estimate of drug-likeness (QED) is 0.167. The molecule has 1 atom stereocenters. The SMILES string of the molecule is CC1(c2c(F)c(F)c(C#N)c(F)c2F)C=CC(c2nc3c4cc(cc3c3c2C=C(c2ccccc2C#N)C(=N)C3=N)C4)=CC1. The van der Waals surface area contributed by atoms with Crippen molar-refractivity contribution >= 4 is 39.5 Å². The van der Waals surface area contributed by atoms with Crippen molar-refractivity contribution in [1.29, 1.82) is 21.3 Å². The second-order valence-electron chi connectivity index (χ2n) is 11.3. The van der Waals surface area contributed by atoms with Crippen LogP contribution >= 0.6 is 0 Å². The lowest BCUT2D eigenvalue weighted by atomic mass is 9.74. The first-order valence-electron chi connectivity index (χ1n) is 13.6. The largest absolute Gasteiger partial charge is 0.298 e. The summed E-state index contributed by atoms with van der Waals surface area (Å²) in [7, 11) is 0. The average molecular weight is 586 g/mol. The highest BCUT2D eigenvalue weighted by Crippen LogP contribution is 2.44. The number of rotatable bonds is 3. The number of hydrogen-bond donors (Lipinski definition) is 2. The lowest BCUT2D eigenvalue weighted by molar-refractivity contribution is 0.405. The molecule has 5 nitrogen and oxygen atoms in total. The summed E-state index contributed by atoms with van der Waals surface area (Å²) in [5.41, 5.74) is 2.39. The van der Waals surface area contributed by atoms with Gasteiger partial charge in [0.2, 0.25) is 0 Å². The molecular formula is C35H19F4N5. The fraction of sp³-hybridized carbons (Fsp3) is 0.114. The van der Waals surface area contributed by atoms with Crippen LogP contribution in [0.5, 0.6) is 0 Å². The van der Waals surface area contributed by atoms with Gasteiger partial charge in [0.05, 0.1) is 34.3 Å². The van der Waals surface area contributed by atoms with Gasteiger partial charge in [0.25, 0.3) is 0 Å². The molecule has 0 saturated heterocycles. The summed E-state index contributed by atoms with van der Waals surface area (Å²) in [6, 6.07) is 14.1. The van der Waals surface area contributed by atoms with Crippen molar-refractivity contribution in [2.75, 3.05) is 0 Å². The third-order valence-electron chi connectivity index (χ3n) is 8.65. The summed E-state index contributed by atoms with van der Waals surface area (Å²) in [4.78, 5) is 4.99. The van der Waals surface area contributed by atoms with E-state index >= 15 is 8.78 Å². The minimum Gasteiger partial charge on any atom is -0.298 e. The summed E-state index contributed by atoms with van der Waals surface area (Å²) in [5.74, 6) is -6.73. The number of allylic oxidation sites excluding steroid dienone is 5. The standard InChI is InChI=1S/C35H19F4N5/c1-35(26-29(38)27(36)24(15-41)28(37)30(26)39)8-6-17(7-9-35)33-23-13-21(20-5-3-2-4-18(20)14-40)31(42)32(43)25(23)22-12-16-10-19(11-16)34(22)44-33/h2-8,10,12-13,42-43H,9,11H2,1H3. The molecule has 4 aromatic rings. The molecule has 212 valence electrons. The number of pyridine rings is 1. The Hall–Kier alpha value is -5.67. The number of halogens is 4. The number of nitrogens with zero attached hydrogens (tertiary/aromatic N) is 3. The Kier molecular flexibility index (Phi) is 5.82. The normalized spacial score (nSPS) is 18.2. The van der Waals surface area contributed by atoms with Crippen LogP contribution in [0.25, 0.3) is 28.1 Å². The van der Waals surface area contributed by atoms with Gasteiger partial charge in [0, 0.05) is 38.6 Å². The zero-order valence-corrected chi connectivity index (χ0v) is 23.0. The maximum Gasteiger partial charge on any atom is 0.180 e. The van der Waals surface area contributed by atoms with Gasteiger partial charge < -0.3 is 0 Å². The van der Waals surface area contributed by atoms with Crippen molar-refractivity contribution in [2.24, 2.45) is 0 Å². The molecule has 1 aromatic heterocycles. The Morgan fingerprint density at radius 1 is 0.932 bits per heavy atom. The predicted molar refractivity (Wildman–Crippen MR) is 158 cm³/mol. The molecule has 1 heterocycles. The molecule has 4 aliphatic carbocycles. The van der Waals surface area contributed by atoms with E-state index in [1.54, 1.807) is 42.5 Å². The highest BCUT2D eigenvalue weighted by atomic mass is 19.2.